The van der Waals surface area contributed by atoms with Crippen molar-refractivity contribution in [2.24, 2.45) is 0 Å². The lowest BCUT2D eigenvalue weighted by Crippen LogP contribution is -2.24. The van der Waals surface area contributed by atoms with Gasteiger partial charge in [0.2, 0.25) is 5.82 Å². The Morgan fingerprint density at radius 2 is 1.87 bits per heavy atom. The zero-order chi connectivity index (χ0) is 16.2. The Balaban J connectivity index is 1.71. The second-order valence-electron chi connectivity index (χ2n) is 4.78. The number of hydrogen-bond donors (Lipinski definition) is 1. The lowest BCUT2D eigenvalue weighted by atomic mass is 10.2. The van der Waals surface area contributed by atoms with Gasteiger partial charge in [0.15, 0.2) is 11.6 Å². The number of halogens is 2. The predicted molar refractivity (Wildman–Crippen MR) is 78.9 cm³/mol. The number of hydrogen-bond acceptors (Lipinski definition) is 3. The molecular formula is C16H12F2N4O. The number of nitrogens with zero attached hydrogens (tertiary/aromatic N) is 3. The zero-order valence-corrected chi connectivity index (χ0v) is 11.9. The van der Waals surface area contributed by atoms with Crippen LogP contribution in [0.25, 0.3) is 5.69 Å². The summed E-state index contributed by atoms with van der Waals surface area (Å²) in [5.41, 5.74) is 1.22. The molecule has 0 unspecified atom stereocenters. The van der Waals surface area contributed by atoms with Gasteiger partial charge in [-0.2, -0.15) is 0 Å². The van der Waals surface area contributed by atoms with E-state index in [1.807, 2.05) is 30.3 Å². The number of aromatic nitrogens is 3. The molecule has 23 heavy (non-hydrogen) atoms. The van der Waals surface area contributed by atoms with E-state index < -0.39 is 17.5 Å². The molecule has 0 aliphatic rings. The molecule has 1 amide bonds. The molecule has 0 bridgehead atoms. The second kappa shape index (κ2) is 6.35. The molecule has 0 radical (unpaired) electrons. The summed E-state index contributed by atoms with van der Waals surface area (Å²) in [5, 5.41) is 6.66. The summed E-state index contributed by atoms with van der Waals surface area (Å²) in [6.07, 6.45) is 1.27. The van der Waals surface area contributed by atoms with Crippen LogP contribution in [0.3, 0.4) is 0 Å². The average Bonchev–Trinajstić information content (AvgIpc) is 3.06. The van der Waals surface area contributed by atoms with E-state index >= 15 is 0 Å². The van der Waals surface area contributed by atoms with Crippen LogP contribution >= 0.6 is 0 Å². The first-order valence-corrected chi connectivity index (χ1v) is 6.83. The lowest BCUT2D eigenvalue weighted by molar-refractivity contribution is 0.0940. The third-order valence-corrected chi connectivity index (χ3v) is 3.16. The van der Waals surface area contributed by atoms with Crippen molar-refractivity contribution in [3.05, 3.63) is 77.9 Å². The molecule has 116 valence electrons. The van der Waals surface area contributed by atoms with Crippen molar-refractivity contribution in [2.75, 3.05) is 0 Å². The molecular weight excluding hydrogens is 302 g/mol. The number of amides is 1. The van der Waals surface area contributed by atoms with Gasteiger partial charge in [-0.3, -0.25) is 4.79 Å². The Kier molecular flexibility index (Phi) is 4.09. The van der Waals surface area contributed by atoms with Crippen LogP contribution in [0.5, 0.6) is 0 Å². The van der Waals surface area contributed by atoms with Crippen molar-refractivity contribution in [1.82, 2.24) is 20.1 Å². The summed E-state index contributed by atoms with van der Waals surface area (Å²) in [5.74, 6) is -2.44. The Hall–Kier alpha value is -3.09. The Morgan fingerprint density at radius 1 is 1.09 bits per heavy atom. The summed E-state index contributed by atoms with van der Waals surface area (Å²) in [4.78, 5) is 15.9. The van der Waals surface area contributed by atoms with Gasteiger partial charge in [-0.25, -0.2) is 18.4 Å². The van der Waals surface area contributed by atoms with Gasteiger partial charge in [0.1, 0.15) is 6.33 Å². The first-order valence-electron chi connectivity index (χ1n) is 6.83. The third kappa shape index (κ3) is 3.39. The maximum absolute atomic E-state index is 13.2. The fraction of sp³-hybridized carbons (Fsp3) is 0.0625. The van der Waals surface area contributed by atoms with Crippen LogP contribution in [0.15, 0.2) is 54.9 Å². The zero-order valence-electron chi connectivity index (χ0n) is 11.9. The highest BCUT2D eigenvalue weighted by Gasteiger charge is 2.12. The minimum atomic E-state index is -0.993. The maximum atomic E-state index is 13.2. The SMILES string of the molecule is O=C(NCc1ccccc1)c1ncn(-c2ccc(F)c(F)c2)n1. The van der Waals surface area contributed by atoms with E-state index in [1.54, 1.807) is 0 Å². The first kappa shape index (κ1) is 14.8. The summed E-state index contributed by atoms with van der Waals surface area (Å²) in [6.45, 7) is 0.347. The molecule has 1 N–H and O–H groups in total. The fourth-order valence-electron chi connectivity index (χ4n) is 1.98. The summed E-state index contributed by atoms with van der Waals surface area (Å²) >= 11 is 0. The molecule has 0 atom stereocenters. The third-order valence-electron chi connectivity index (χ3n) is 3.16. The molecule has 3 rings (SSSR count). The van der Waals surface area contributed by atoms with E-state index in [0.29, 0.717) is 6.54 Å². The minimum absolute atomic E-state index is 0.0503. The van der Waals surface area contributed by atoms with Crippen LogP contribution in [0.2, 0.25) is 0 Å². The lowest BCUT2D eigenvalue weighted by Gasteiger charge is -2.03. The van der Waals surface area contributed by atoms with Crippen LogP contribution in [-0.2, 0) is 6.54 Å². The predicted octanol–water partition coefficient (Wildman–Crippen LogP) is 2.48. The van der Waals surface area contributed by atoms with E-state index in [9.17, 15) is 13.6 Å². The second-order valence-corrected chi connectivity index (χ2v) is 4.78. The topological polar surface area (TPSA) is 59.8 Å². The van der Waals surface area contributed by atoms with E-state index in [4.69, 9.17) is 0 Å². The van der Waals surface area contributed by atoms with E-state index in [2.05, 4.69) is 15.4 Å². The van der Waals surface area contributed by atoms with Crippen LogP contribution in [0.4, 0.5) is 8.78 Å². The molecule has 0 saturated heterocycles. The molecule has 3 aromatic rings. The molecule has 5 nitrogen and oxygen atoms in total. The largest absolute Gasteiger partial charge is 0.345 e. The number of carbonyl (C=O) groups excluding carboxylic acids is 1. The van der Waals surface area contributed by atoms with Crippen molar-refractivity contribution < 1.29 is 13.6 Å². The number of carbonyl (C=O) groups is 1. The molecule has 0 spiro atoms. The average molecular weight is 314 g/mol. The van der Waals surface area contributed by atoms with Gasteiger partial charge >= 0.3 is 0 Å². The molecule has 1 aromatic heterocycles. The van der Waals surface area contributed by atoms with Crippen molar-refractivity contribution in [3.63, 3.8) is 0 Å². The number of rotatable bonds is 4. The van der Waals surface area contributed by atoms with Gasteiger partial charge in [-0.05, 0) is 17.7 Å². The highest BCUT2D eigenvalue weighted by Crippen LogP contribution is 2.12. The van der Waals surface area contributed by atoms with Gasteiger partial charge in [0.05, 0.1) is 5.69 Å². The molecule has 0 aliphatic carbocycles. The van der Waals surface area contributed by atoms with Crippen LogP contribution in [0.1, 0.15) is 16.2 Å². The summed E-state index contributed by atoms with van der Waals surface area (Å²) in [6, 6.07) is 12.7. The molecule has 2 aromatic carbocycles. The van der Waals surface area contributed by atoms with Crippen molar-refractivity contribution in [3.8, 4) is 5.69 Å². The van der Waals surface area contributed by atoms with Crippen molar-refractivity contribution >= 4 is 5.91 Å². The van der Waals surface area contributed by atoms with Gasteiger partial charge < -0.3 is 5.32 Å². The highest BCUT2D eigenvalue weighted by molar-refractivity contribution is 5.90. The molecule has 0 aliphatic heterocycles. The summed E-state index contributed by atoms with van der Waals surface area (Å²) in [7, 11) is 0. The molecule has 1 heterocycles. The van der Waals surface area contributed by atoms with Crippen LogP contribution < -0.4 is 5.32 Å². The summed E-state index contributed by atoms with van der Waals surface area (Å²) < 4.78 is 27.4. The molecule has 0 fully saturated rings. The van der Waals surface area contributed by atoms with Gasteiger partial charge in [0.25, 0.3) is 5.91 Å². The highest BCUT2D eigenvalue weighted by atomic mass is 19.2. The number of nitrogens with one attached hydrogen (secondary N) is 1. The van der Waals surface area contributed by atoms with Crippen molar-refractivity contribution in [2.45, 2.75) is 6.54 Å². The Morgan fingerprint density at radius 3 is 2.61 bits per heavy atom. The first-order chi connectivity index (χ1) is 11.1. The van der Waals surface area contributed by atoms with Crippen molar-refractivity contribution in [1.29, 1.82) is 0 Å². The number of benzene rings is 2. The van der Waals surface area contributed by atoms with E-state index in [-0.39, 0.29) is 11.5 Å². The van der Waals surface area contributed by atoms with Gasteiger partial charge in [-0.1, -0.05) is 30.3 Å². The quantitative estimate of drug-likeness (QED) is 0.805. The smallest absolute Gasteiger partial charge is 0.291 e. The van der Waals surface area contributed by atoms with Gasteiger partial charge in [0, 0.05) is 12.6 Å². The van der Waals surface area contributed by atoms with Crippen LogP contribution in [0, 0.1) is 11.6 Å². The standard InChI is InChI=1S/C16H12F2N4O/c17-13-7-6-12(8-14(13)18)22-10-20-15(21-22)16(23)19-9-11-4-2-1-3-5-11/h1-8,10H,9H2,(H,19,23). The molecule has 0 saturated carbocycles. The molecule has 7 heteroatoms. The maximum Gasteiger partial charge on any atom is 0.291 e. The van der Waals surface area contributed by atoms with E-state index in [1.165, 1.54) is 17.1 Å². The Labute approximate surface area is 130 Å². The van der Waals surface area contributed by atoms with E-state index in [0.717, 1.165) is 17.7 Å². The fourth-order valence-corrected chi connectivity index (χ4v) is 1.98. The Bertz CT molecular complexity index is 833. The van der Waals surface area contributed by atoms with Crippen LogP contribution in [-0.4, -0.2) is 20.7 Å². The van der Waals surface area contributed by atoms with Gasteiger partial charge in [-0.15, -0.1) is 5.10 Å². The minimum Gasteiger partial charge on any atom is -0.345 e. The normalized spacial score (nSPS) is 10.5. The monoisotopic (exact) mass is 314 g/mol.